The SMILES string of the molecule is COc1cc([N+](=O)[O-])ccc1Oc1ncccc1C(C)=O. The van der Waals surface area contributed by atoms with Crippen LogP contribution in [0, 0.1) is 10.1 Å². The van der Waals surface area contributed by atoms with E-state index in [-0.39, 0.29) is 28.8 Å². The molecule has 0 amide bonds. The monoisotopic (exact) mass is 288 g/mol. The molecule has 21 heavy (non-hydrogen) atoms. The maximum atomic E-state index is 11.5. The summed E-state index contributed by atoms with van der Waals surface area (Å²) in [5.74, 6) is 0.352. The summed E-state index contributed by atoms with van der Waals surface area (Å²) in [5.41, 5.74) is 0.199. The van der Waals surface area contributed by atoms with Crippen molar-refractivity contribution in [2.45, 2.75) is 6.92 Å². The molecule has 0 N–H and O–H groups in total. The average molecular weight is 288 g/mol. The van der Waals surface area contributed by atoms with Crippen molar-refractivity contribution in [2.24, 2.45) is 0 Å². The topological polar surface area (TPSA) is 91.6 Å². The van der Waals surface area contributed by atoms with Crippen LogP contribution in [0.5, 0.6) is 17.4 Å². The van der Waals surface area contributed by atoms with Gasteiger partial charge in [0.15, 0.2) is 17.3 Å². The molecule has 1 heterocycles. The molecule has 0 spiro atoms. The maximum Gasteiger partial charge on any atom is 0.273 e. The number of aromatic nitrogens is 1. The second kappa shape index (κ2) is 6.00. The van der Waals surface area contributed by atoms with Gasteiger partial charge in [-0.3, -0.25) is 14.9 Å². The number of nitro benzene ring substituents is 1. The minimum Gasteiger partial charge on any atom is -0.493 e. The van der Waals surface area contributed by atoms with Crippen LogP contribution in [0.15, 0.2) is 36.5 Å². The zero-order valence-electron chi connectivity index (χ0n) is 11.4. The number of pyridine rings is 1. The van der Waals surface area contributed by atoms with E-state index in [2.05, 4.69) is 4.98 Å². The summed E-state index contributed by atoms with van der Waals surface area (Å²) in [7, 11) is 1.37. The quantitative estimate of drug-likeness (QED) is 0.477. The van der Waals surface area contributed by atoms with Gasteiger partial charge in [0.2, 0.25) is 5.88 Å². The van der Waals surface area contributed by atoms with Gasteiger partial charge in [-0.1, -0.05) is 0 Å². The molecule has 1 aromatic heterocycles. The Balaban J connectivity index is 2.40. The molecule has 0 radical (unpaired) electrons. The summed E-state index contributed by atoms with van der Waals surface area (Å²) in [6, 6.07) is 7.13. The molecular weight excluding hydrogens is 276 g/mol. The molecule has 0 saturated heterocycles. The third kappa shape index (κ3) is 3.14. The first-order valence-electron chi connectivity index (χ1n) is 5.99. The standard InChI is InChI=1S/C14H12N2O5/c1-9(17)11-4-3-7-15-14(11)21-12-6-5-10(16(18)19)8-13(12)20-2/h3-8H,1-2H3. The third-order valence-electron chi connectivity index (χ3n) is 2.72. The number of hydrogen-bond donors (Lipinski definition) is 0. The summed E-state index contributed by atoms with van der Waals surface area (Å²) in [6.07, 6.45) is 1.49. The minimum absolute atomic E-state index is 0.119. The van der Waals surface area contributed by atoms with Gasteiger partial charge in [0.05, 0.1) is 23.7 Å². The lowest BCUT2D eigenvalue weighted by Crippen LogP contribution is -2.00. The zero-order valence-corrected chi connectivity index (χ0v) is 11.4. The van der Waals surface area contributed by atoms with Crippen LogP contribution in [0.2, 0.25) is 0 Å². The van der Waals surface area contributed by atoms with Gasteiger partial charge in [0.25, 0.3) is 5.69 Å². The van der Waals surface area contributed by atoms with Crippen LogP contribution in [-0.4, -0.2) is 22.8 Å². The molecule has 0 saturated carbocycles. The van der Waals surface area contributed by atoms with E-state index in [0.717, 1.165) is 0 Å². The lowest BCUT2D eigenvalue weighted by molar-refractivity contribution is -0.384. The molecule has 0 atom stereocenters. The number of nitro groups is 1. The normalized spacial score (nSPS) is 10.0. The first kappa shape index (κ1) is 14.4. The van der Waals surface area contributed by atoms with E-state index in [9.17, 15) is 14.9 Å². The largest absolute Gasteiger partial charge is 0.493 e. The molecule has 7 heteroatoms. The molecule has 7 nitrogen and oxygen atoms in total. The van der Waals surface area contributed by atoms with Crippen LogP contribution in [0.1, 0.15) is 17.3 Å². The van der Waals surface area contributed by atoms with Crippen molar-refractivity contribution in [1.29, 1.82) is 0 Å². The number of rotatable bonds is 5. The maximum absolute atomic E-state index is 11.5. The molecule has 2 rings (SSSR count). The van der Waals surface area contributed by atoms with E-state index in [4.69, 9.17) is 9.47 Å². The summed E-state index contributed by atoms with van der Waals surface area (Å²) < 4.78 is 10.6. The van der Waals surface area contributed by atoms with Crippen molar-refractivity contribution >= 4 is 11.5 Å². The second-order valence-corrected chi connectivity index (χ2v) is 4.11. The van der Waals surface area contributed by atoms with Gasteiger partial charge in [-0.15, -0.1) is 0 Å². The van der Waals surface area contributed by atoms with Crippen LogP contribution in [-0.2, 0) is 0 Å². The van der Waals surface area contributed by atoms with Gasteiger partial charge in [-0.05, 0) is 25.1 Å². The molecular formula is C14H12N2O5. The van der Waals surface area contributed by atoms with Gasteiger partial charge in [0.1, 0.15) is 0 Å². The zero-order chi connectivity index (χ0) is 15.4. The van der Waals surface area contributed by atoms with Crippen LogP contribution in [0.4, 0.5) is 5.69 Å². The molecule has 0 bridgehead atoms. The molecule has 0 unspecified atom stereocenters. The van der Waals surface area contributed by atoms with Crippen molar-refractivity contribution < 1.29 is 19.2 Å². The fourth-order valence-corrected chi connectivity index (χ4v) is 1.70. The Labute approximate surface area is 120 Å². The summed E-state index contributed by atoms with van der Waals surface area (Å²) >= 11 is 0. The predicted octanol–water partition coefficient (Wildman–Crippen LogP) is 2.99. The van der Waals surface area contributed by atoms with Crippen molar-refractivity contribution in [3.05, 3.63) is 52.2 Å². The number of hydrogen-bond acceptors (Lipinski definition) is 6. The van der Waals surface area contributed by atoms with E-state index >= 15 is 0 Å². The number of Topliss-reactive ketones (excluding diaryl/α,β-unsaturated/α-hetero) is 1. The Kier molecular flexibility index (Phi) is 4.13. The van der Waals surface area contributed by atoms with Crippen molar-refractivity contribution in [1.82, 2.24) is 4.98 Å². The lowest BCUT2D eigenvalue weighted by Gasteiger charge is -2.11. The Morgan fingerprint density at radius 2 is 2.05 bits per heavy atom. The van der Waals surface area contributed by atoms with Crippen LogP contribution < -0.4 is 9.47 Å². The third-order valence-corrected chi connectivity index (χ3v) is 2.72. The highest BCUT2D eigenvalue weighted by Gasteiger charge is 2.16. The van der Waals surface area contributed by atoms with Gasteiger partial charge in [0, 0.05) is 12.3 Å². The fraction of sp³-hybridized carbons (Fsp3) is 0.143. The highest BCUT2D eigenvalue weighted by Crippen LogP contribution is 2.34. The van der Waals surface area contributed by atoms with E-state index in [0.29, 0.717) is 5.56 Å². The molecule has 2 aromatic rings. The Morgan fingerprint density at radius 1 is 1.29 bits per heavy atom. The predicted molar refractivity (Wildman–Crippen MR) is 74.0 cm³/mol. The molecule has 0 aliphatic heterocycles. The minimum atomic E-state index is -0.534. The molecule has 0 fully saturated rings. The highest BCUT2D eigenvalue weighted by atomic mass is 16.6. The Morgan fingerprint density at radius 3 is 2.67 bits per heavy atom. The molecule has 0 aliphatic rings. The van der Waals surface area contributed by atoms with E-state index < -0.39 is 4.92 Å². The van der Waals surface area contributed by atoms with Crippen LogP contribution in [0.25, 0.3) is 0 Å². The van der Waals surface area contributed by atoms with E-state index in [1.54, 1.807) is 12.1 Å². The Bertz CT molecular complexity index is 700. The number of nitrogens with zero attached hydrogens (tertiary/aromatic N) is 2. The van der Waals surface area contributed by atoms with Crippen molar-refractivity contribution in [3.8, 4) is 17.4 Å². The first-order valence-corrected chi connectivity index (χ1v) is 5.99. The van der Waals surface area contributed by atoms with E-state index in [1.807, 2.05) is 0 Å². The number of ether oxygens (including phenoxy) is 2. The van der Waals surface area contributed by atoms with Crippen LogP contribution >= 0.6 is 0 Å². The summed E-state index contributed by atoms with van der Waals surface area (Å²) in [4.78, 5) is 25.7. The van der Waals surface area contributed by atoms with Crippen LogP contribution in [0.3, 0.4) is 0 Å². The Hall–Kier alpha value is -2.96. The molecule has 0 aliphatic carbocycles. The van der Waals surface area contributed by atoms with Gasteiger partial charge < -0.3 is 9.47 Å². The first-order chi connectivity index (χ1) is 10.0. The van der Waals surface area contributed by atoms with Gasteiger partial charge in [-0.2, -0.15) is 0 Å². The number of carbonyl (C=O) groups excluding carboxylic acids is 1. The average Bonchev–Trinajstić information content (AvgIpc) is 2.47. The highest BCUT2D eigenvalue weighted by molar-refractivity contribution is 5.96. The fourth-order valence-electron chi connectivity index (χ4n) is 1.70. The molecule has 1 aromatic carbocycles. The van der Waals surface area contributed by atoms with Crippen molar-refractivity contribution in [3.63, 3.8) is 0 Å². The molecule has 108 valence electrons. The van der Waals surface area contributed by atoms with Gasteiger partial charge in [-0.25, -0.2) is 4.98 Å². The smallest absolute Gasteiger partial charge is 0.273 e. The summed E-state index contributed by atoms with van der Waals surface area (Å²) in [5, 5.41) is 10.7. The number of methoxy groups -OCH3 is 1. The number of non-ortho nitro benzene ring substituents is 1. The van der Waals surface area contributed by atoms with Crippen molar-refractivity contribution in [2.75, 3.05) is 7.11 Å². The summed E-state index contributed by atoms with van der Waals surface area (Å²) in [6.45, 7) is 1.40. The number of ketones is 1. The second-order valence-electron chi connectivity index (χ2n) is 4.11. The number of carbonyl (C=O) groups is 1. The lowest BCUT2D eigenvalue weighted by atomic mass is 10.2. The van der Waals surface area contributed by atoms with E-state index in [1.165, 1.54) is 38.4 Å². The van der Waals surface area contributed by atoms with Gasteiger partial charge >= 0.3 is 0 Å². The number of benzene rings is 1.